The molecule has 0 aromatic heterocycles. The maximum atomic E-state index is 13.2. The van der Waals surface area contributed by atoms with Gasteiger partial charge in [0.2, 0.25) is 15.9 Å². The average molecular weight is 417 g/mol. The van der Waals surface area contributed by atoms with E-state index in [4.69, 9.17) is 4.74 Å². The van der Waals surface area contributed by atoms with Crippen LogP contribution in [0.4, 0.5) is 0 Å². The van der Waals surface area contributed by atoms with E-state index >= 15 is 0 Å². The minimum absolute atomic E-state index is 0.0354. The Morgan fingerprint density at radius 3 is 2.41 bits per heavy atom. The lowest BCUT2D eigenvalue weighted by Crippen LogP contribution is -2.40. The highest BCUT2D eigenvalue weighted by molar-refractivity contribution is 7.89. The van der Waals surface area contributed by atoms with Gasteiger partial charge in [-0.1, -0.05) is 30.3 Å². The lowest BCUT2D eigenvalue weighted by Gasteiger charge is -2.27. The fourth-order valence-electron chi connectivity index (χ4n) is 3.68. The van der Waals surface area contributed by atoms with Crippen LogP contribution in [-0.2, 0) is 14.8 Å². The lowest BCUT2D eigenvalue weighted by molar-refractivity contribution is -0.135. The van der Waals surface area contributed by atoms with Crippen molar-refractivity contribution in [2.24, 2.45) is 5.92 Å². The van der Waals surface area contributed by atoms with Crippen LogP contribution in [0.3, 0.4) is 0 Å². The summed E-state index contributed by atoms with van der Waals surface area (Å²) in [5, 5.41) is 0. The summed E-state index contributed by atoms with van der Waals surface area (Å²) in [6.07, 6.45) is 0. The summed E-state index contributed by atoms with van der Waals surface area (Å²) in [4.78, 5) is 15.1. The molecule has 0 saturated carbocycles. The highest BCUT2D eigenvalue weighted by atomic mass is 32.2. The first kappa shape index (κ1) is 21.3. The van der Waals surface area contributed by atoms with Gasteiger partial charge in [-0.2, -0.15) is 4.31 Å². The molecule has 1 fully saturated rings. The van der Waals surface area contributed by atoms with Crippen molar-refractivity contribution in [1.82, 2.24) is 9.21 Å². The van der Waals surface area contributed by atoms with E-state index in [0.717, 1.165) is 5.56 Å². The molecule has 6 nitrogen and oxygen atoms in total. The van der Waals surface area contributed by atoms with E-state index in [1.807, 2.05) is 38.1 Å². The number of amides is 1. The van der Waals surface area contributed by atoms with Crippen molar-refractivity contribution < 1.29 is 17.9 Å². The van der Waals surface area contributed by atoms with E-state index in [2.05, 4.69) is 0 Å². The van der Waals surface area contributed by atoms with Gasteiger partial charge in [0.25, 0.3) is 0 Å². The summed E-state index contributed by atoms with van der Waals surface area (Å²) in [6, 6.07) is 15.9. The Morgan fingerprint density at radius 2 is 1.79 bits per heavy atom. The topological polar surface area (TPSA) is 66.9 Å². The van der Waals surface area contributed by atoms with Crippen LogP contribution < -0.4 is 4.74 Å². The SMILES string of the molecule is COc1cccc(C2CN(S(=O)(=O)c3ccccc3)CC2C(=O)N(C)C(C)C)c1. The van der Waals surface area contributed by atoms with Gasteiger partial charge in [0.05, 0.1) is 17.9 Å². The van der Waals surface area contributed by atoms with Gasteiger partial charge >= 0.3 is 0 Å². The van der Waals surface area contributed by atoms with Gasteiger partial charge in [0, 0.05) is 32.1 Å². The molecule has 1 saturated heterocycles. The van der Waals surface area contributed by atoms with Gasteiger partial charge < -0.3 is 9.64 Å². The number of hydrogen-bond acceptors (Lipinski definition) is 4. The van der Waals surface area contributed by atoms with Crippen LogP contribution in [0.25, 0.3) is 0 Å². The van der Waals surface area contributed by atoms with E-state index < -0.39 is 15.9 Å². The number of methoxy groups -OCH3 is 1. The van der Waals surface area contributed by atoms with Crippen molar-refractivity contribution in [3.8, 4) is 5.75 Å². The molecular weight excluding hydrogens is 388 g/mol. The molecule has 1 aliphatic heterocycles. The lowest BCUT2D eigenvalue weighted by atomic mass is 9.87. The Bertz CT molecular complexity index is 960. The second-order valence-corrected chi connectivity index (χ2v) is 9.61. The van der Waals surface area contributed by atoms with Gasteiger partial charge in [0.1, 0.15) is 5.75 Å². The van der Waals surface area contributed by atoms with Crippen molar-refractivity contribution in [1.29, 1.82) is 0 Å². The summed E-state index contributed by atoms with van der Waals surface area (Å²) < 4.78 is 33.1. The fraction of sp³-hybridized carbons (Fsp3) is 0.409. The molecule has 29 heavy (non-hydrogen) atoms. The maximum Gasteiger partial charge on any atom is 0.243 e. The van der Waals surface area contributed by atoms with E-state index in [9.17, 15) is 13.2 Å². The number of ether oxygens (including phenoxy) is 1. The summed E-state index contributed by atoms with van der Waals surface area (Å²) >= 11 is 0. The number of hydrogen-bond donors (Lipinski definition) is 0. The first-order valence-corrected chi connectivity index (χ1v) is 11.2. The van der Waals surface area contributed by atoms with Crippen molar-refractivity contribution in [3.63, 3.8) is 0 Å². The van der Waals surface area contributed by atoms with Crippen LogP contribution in [0.1, 0.15) is 25.3 Å². The van der Waals surface area contributed by atoms with Crippen LogP contribution >= 0.6 is 0 Å². The molecule has 0 radical (unpaired) electrons. The van der Waals surface area contributed by atoms with Crippen molar-refractivity contribution >= 4 is 15.9 Å². The van der Waals surface area contributed by atoms with Crippen LogP contribution in [0.2, 0.25) is 0 Å². The maximum absolute atomic E-state index is 13.2. The van der Waals surface area contributed by atoms with Gasteiger partial charge in [-0.05, 0) is 43.7 Å². The third-order valence-electron chi connectivity index (χ3n) is 5.63. The molecule has 1 amide bonds. The molecule has 0 N–H and O–H groups in total. The van der Waals surface area contributed by atoms with E-state index in [0.29, 0.717) is 5.75 Å². The van der Waals surface area contributed by atoms with E-state index in [1.165, 1.54) is 4.31 Å². The Hall–Kier alpha value is -2.38. The summed E-state index contributed by atoms with van der Waals surface area (Å²) in [5.74, 6) is -0.0425. The van der Waals surface area contributed by atoms with Crippen LogP contribution in [0, 0.1) is 5.92 Å². The second-order valence-electron chi connectivity index (χ2n) is 7.67. The summed E-state index contributed by atoms with van der Waals surface area (Å²) in [7, 11) is -0.316. The fourth-order valence-corrected chi connectivity index (χ4v) is 5.19. The van der Waals surface area contributed by atoms with Crippen molar-refractivity contribution in [3.05, 3.63) is 60.2 Å². The van der Waals surface area contributed by atoms with Gasteiger partial charge in [-0.25, -0.2) is 8.42 Å². The molecule has 2 aromatic rings. The number of sulfonamides is 1. The molecule has 2 unspecified atom stereocenters. The number of nitrogens with zero attached hydrogens (tertiary/aromatic N) is 2. The standard InChI is InChI=1S/C22H28N2O4S/c1-16(2)23(3)22(25)21-15-24(29(26,27)19-11-6-5-7-12-19)14-20(21)17-9-8-10-18(13-17)28-4/h5-13,16,20-21H,14-15H2,1-4H3. The molecule has 1 heterocycles. The number of benzene rings is 2. The molecular formula is C22H28N2O4S. The largest absolute Gasteiger partial charge is 0.497 e. The number of carbonyl (C=O) groups excluding carboxylic acids is 1. The van der Waals surface area contributed by atoms with Crippen LogP contribution in [0.15, 0.2) is 59.5 Å². The summed E-state index contributed by atoms with van der Waals surface area (Å²) in [5.41, 5.74) is 0.908. The third-order valence-corrected chi connectivity index (χ3v) is 7.47. The van der Waals surface area contributed by atoms with Crippen LogP contribution in [-0.4, -0.2) is 56.8 Å². The Morgan fingerprint density at radius 1 is 1.10 bits per heavy atom. The Balaban J connectivity index is 1.99. The predicted molar refractivity (Wildman–Crippen MR) is 112 cm³/mol. The Labute approximate surface area is 173 Å². The molecule has 156 valence electrons. The monoisotopic (exact) mass is 416 g/mol. The van der Waals surface area contributed by atoms with Crippen molar-refractivity contribution in [2.45, 2.75) is 30.7 Å². The van der Waals surface area contributed by atoms with Gasteiger partial charge in [-0.15, -0.1) is 0 Å². The highest BCUT2D eigenvalue weighted by Crippen LogP contribution is 2.38. The number of rotatable bonds is 6. The molecule has 2 atom stereocenters. The Kier molecular flexibility index (Phi) is 6.29. The first-order valence-electron chi connectivity index (χ1n) is 9.71. The molecule has 0 spiro atoms. The minimum atomic E-state index is -3.68. The average Bonchev–Trinajstić information content (AvgIpc) is 3.19. The molecule has 2 aromatic carbocycles. The predicted octanol–water partition coefficient (Wildman–Crippen LogP) is 2.97. The molecule has 1 aliphatic rings. The van der Waals surface area contributed by atoms with Crippen molar-refractivity contribution in [2.75, 3.05) is 27.2 Å². The zero-order valence-electron chi connectivity index (χ0n) is 17.3. The zero-order valence-corrected chi connectivity index (χ0v) is 18.1. The van der Waals surface area contributed by atoms with E-state index in [-0.39, 0.29) is 35.9 Å². The third kappa shape index (κ3) is 4.31. The van der Waals surface area contributed by atoms with E-state index in [1.54, 1.807) is 49.4 Å². The summed E-state index contributed by atoms with van der Waals surface area (Å²) in [6.45, 7) is 4.32. The van der Waals surface area contributed by atoms with Crippen LogP contribution in [0.5, 0.6) is 5.75 Å². The zero-order chi connectivity index (χ0) is 21.2. The molecule has 0 bridgehead atoms. The molecule has 0 aliphatic carbocycles. The quantitative estimate of drug-likeness (QED) is 0.726. The minimum Gasteiger partial charge on any atom is -0.497 e. The van der Waals surface area contributed by atoms with Gasteiger partial charge in [-0.3, -0.25) is 4.79 Å². The smallest absolute Gasteiger partial charge is 0.243 e. The number of carbonyl (C=O) groups is 1. The first-order chi connectivity index (χ1) is 13.8. The second kappa shape index (κ2) is 8.55. The molecule has 3 rings (SSSR count). The normalized spacial score (nSPS) is 20.0. The van der Waals surface area contributed by atoms with Gasteiger partial charge in [0.15, 0.2) is 0 Å². The molecule has 7 heteroatoms. The highest BCUT2D eigenvalue weighted by Gasteiger charge is 2.44.